The second kappa shape index (κ2) is 6.46. The van der Waals surface area contributed by atoms with Crippen molar-refractivity contribution in [2.75, 3.05) is 13.2 Å². The van der Waals surface area contributed by atoms with Crippen LogP contribution in [0.25, 0.3) is 0 Å². The Bertz CT molecular complexity index is 733. The summed E-state index contributed by atoms with van der Waals surface area (Å²) in [5.41, 5.74) is 2.49. The van der Waals surface area contributed by atoms with Crippen molar-refractivity contribution in [1.29, 1.82) is 0 Å². The maximum atomic E-state index is 13.3. The number of aliphatic hydroxyl groups is 1. The smallest absolute Gasteiger partial charge is 0.227 e. The van der Waals surface area contributed by atoms with Gasteiger partial charge in [-0.15, -0.1) is 0 Å². The summed E-state index contributed by atoms with van der Waals surface area (Å²) in [6, 6.07) is 10.8. The van der Waals surface area contributed by atoms with E-state index in [4.69, 9.17) is 0 Å². The average Bonchev–Trinajstić information content (AvgIpc) is 2.57. The molecule has 1 aliphatic heterocycles. The fourth-order valence-corrected chi connectivity index (χ4v) is 3.07. The van der Waals surface area contributed by atoms with Crippen LogP contribution in [-0.4, -0.2) is 29.1 Å². The highest BCUT2D eigenvalue weighted by Crippen LogP contribution is 2.29. The predicted molar refractivity (Wildman–Crippen MR) is 81.7 cm³/mol. The molecular formula is C18H17F2NO2. The number of halogens is 2. The van der Waals surface area contributed by atoms with Gasteiger partial charge < -0.3 is 10.0 Å². The highest BCUT2D eigenvalue weighted by atomic mass is 19.2. The molecule has 120 valence electrons. The van der Waals surface area contributed by atoms with Crippen LogP contribution >= 0.6 is 0 Å². The standard InChI is InChI=1S/C18H17F2NO2/c19-15-6-5-12(9-16(15)20)10-18(23)21-8-7-13-3-1-2-4-14(13)17(21)11-22/h1-6,9,17,22H,7-8,10-11H2/t17-/m0/s1. The van der Waals surface area contributed by atoms with Crippen LogP contribution in [-0.2, 0) is 17.6 Å². The molecule has 3 nitrogen and oxygen atoms in total. The van der Waals surface area contributed by atoms with E-state index in [2.05, 4.69) is 0 Å². The van der Waals surface area contributed by atoms with Gasteiger partial charge >= 0.3 is 0 Å². The van der Waals surface area contributed by atoms with Gasteiger partial charge in [0.05, 0.1) is 19.1 Å². The molecule has 0 aromatic heterocycles. The average molecular weight is 317 g/mol. The highest BCUT2D eigenvalue weighted by Gasteiger charge is 2.29. The molecule has 0 saturated heterocycles. The molecule has 1 heterocycles. The van der Waals surface area contributed by atoms with Crippen molar-refractivity contribution >= 4 is 5.91 Å². The Morgan fingerprint density at radius 2 is 1.96 bits per heavy atom. The van der Waals surface area contributed by atoms with Crippen LogP contribution in [0.5, 0.6) is 0 Å². The Balaban J connectivity index is 1.80. The largest absolute Gasteiger partial charge is 0.394 e. The first-order chi connectivity index (χ1) is 11.1. The van der Waals surface area contributed by atoms with Gasteiger partial charge in [0.1, 0.15) is 0 Å². The van der Waals surface area contributed by atoms with Crippen molar-refractivity contribution in [1.82, 2.24) is 4.90 Å². The monoisotopic (exact) mass is 317 g/mol. The van der Waals surface area contributed by atoms with Gasteiger partial charge in [-0.25, -0.2) is 8.78 Å². The molecular weight excluding hydrogens is 300 g/mol. The number of hydrogen-bond donors (Lipinski definition) is 1. The molecule has 1 N–H and O–H groups in total. The van der Waals surface area contributed by atoms with E-state index >= 15 is 0 Å². The van der Waals surface area contributed by atoms with Crippen molar-refractivity contribution in [3.05, 3.63) is 70.8 Å². The lowest BCUT2D eigenvalue weighted by atomic mass is 9.92. The summed E-state index contributed by atoms with van der Waals surface area (Å²) in [6.07, 6.45) is 0.700. The van der Waals surface area contributed by atoms with Crippen LogP contribution in [0.1, 0.15) is 22.7 Å². The molecule has 2 aromatic rings. The minimum atomic E-state index is -0.960. The Labute approximate surface area is 133 Å². The number of hydrogen-bond acceptors (Lipinski definition) is 2. The zero-order valence-electron chi connectivity index (χ0n) is 12.5. The van der Waals surface area contributed by atoms with Crippen LogP contribution in [0.2, 0.25) is 0 Å². The van der Waals surface area contributed by atoms with Crippen molar-refractivity contribution < 1.29 is 18.7 Å². The number of rotatable bonds is 3. The zero-order valence-corrected chi connectivity index (χ0v) is 12.5. The van der Waals surface area contributed by atoms with Gasteiger partial charge in [-0.1, -0.05) is 30.3 Å². The van der Waals surface area contributed by atoms with Crippen molar-refractivity contribution in [3.8, 4) is 0 Å². The summed E-state index contributed by atoms with van der Waals surface area (Å²) < 4.78 is 26.2. The van der Waals surface area contributed by atoms with E-state index in [1.165, 1.54) is 6.07 Å². The lowest BCUT2D eigenvalue weighted by molar-refractivity contribution is -0.134. The first-order valence-electron chi connectivity index (χ1n) is 7.52. The van der Waals surface area contributed by atoms with E-state index in [0.717, 1.165) is 29.7 Å². The fourth-order valence-electron chi connectivity index (χ4n) is 3.07. The molecule has 0 radical (unpaired) electrons. The van der Waals surface area contributed by atoms with Crippen molar-refractivity contribution in [2.45, 2.75) is 18.9 Å². The third-order valence-electron chi connectivity index (χ3n) is 4.25. The summed E-state index contributed by atoms with van der Waals surface area (Å²) in [4.78, 5) is 14.2. The highest BCUT2D eigenvalue weighted by molar-refractivity contribution is 5.79. The van der Waals surface area contributed by atoms with Crippen LogP contribution in [0, 0.1) is 11.6 Å². The van der Waals surface area contributed by atoms with Gasteiger partial charge in [-0.3, -0.25) is 4.79 Å². The number of aliphatic hydroxyl groups excluding tert-OH is 1. The van der Waals surface area contributed by atoms with Gasteiger partial charge in [0.2, 0.25) is 5.91 Å². The molecule has 1 atom stereocenters. The molecule has 0 fully saturated rings. The molecule has 1 amide bonds. The molecule has 0 aliphatic carbocycles. The second-order valence-corrected chi connectivity index (χ2v) is 5.66. The van der Waals surface area contributed by atoms with Crippen LogP contribution in [0.15, 0.2) is 42.5 Å². The Morgan fingerprint density at radius 3 is 2.70 bits per heavy atom. The van der Waals surface area contributed by atoms with Gasteiger partial charge in [-0.2, -0.15) is 0 Å². The maximum absolute atomic E-state index is 13.3. The number of benzene rings is 2. The Kier molecular flexibility index (Phi) is 4.39. The normalized spacial score (nSPS) is 17.0. The summed E-state index contributed by atoms with van der Waals surface area (Å²) in [5, 5.41) is 9.70. The van der Waals surface area contributed by atoms with E-state index in [-0.39, 0.29) is 18.9 Å². The molecule has 3 rings (SSSR count). The number of fused-ring (bicyclic) bond motifs is 1. The zero-order chi connectivity index (χ0) is 16.4. The predicted octanol–water partition coefficient (Wildman–Crippen LogP) is 2.63. The number of nitrogens with zero attached hydrogens (tertiary/aromatic N) is 1. The number of carbonyl (C=O) groups excluding carboxylic acids is 1. The quantitative estimate of drug-likeness (QED) is 0.945. The molecule has 23 heavy (non-hydrogen) atoms. The third kappa shape index (κ3) is 3.10. The molecule has 5 heteroatoms. The Morgan fingerprint density at radius 1 is 1.17 bits per heavy atom. The van der Waals surface area contributed by atoms with Crippen molar-refractivity contribution in [2.24, 2.45) is 0 Å². The summed E-state index contributed by atoms with van der Waals surface area (Å²) in [5.74, 6) is -2.09. The van der Waals surface area contributed by atoms with E-state index < -0.39 is 17.7 Å². The minimum Gasteiger partial charge on any atom is -0.394 e. The third-order valence-corrected chi connectivity index (χ3v) is 4.25. The second-order valence-electron chi connectivity index (χ2n) is 5.66. The minimum absolute atomic E-state index is 0.0180. The summed E-state index contributed by atoms with van der Waals surface area (Å²) in [6.45, 7) is 0.339. The SMILES string of the molecule is O=C(Cc1ccc(F)c(F)c1)N1CCc2ccccc2[C@@H]1CO. The van der Waals surface area contributed by atoms with E-state index in [1.807, 2.05) is 24.3 Å². The van der Waals surface area contributed by atoms with Gasteiger partial charge in [0.25, 0.3) is 0 Å². The molecule has 2 aromatic carbocycles. The number of amides is 1. The van der Waals surface area contributed by atoms with Crippen LogP contribution in [0.3, 0.4) is 0 Å². The summed E-state index contributed by atoms with van der Waals surface area (Å²) >= 11 is 0. The molecule has 0 unspecified atom stereocenters. The van der Waals surface area contributed by atoms with E-state index in [1.54, 1.807) is 4.90 Å². The molecule has 1 aliphatic rings. The lowest BCUT2D eigenvalue weighted by Gasteiger charge is -2.36. The molecule has 0 spiro atoms. The van der Waals surface area contributed by atoms with E-state index in [0.29, 0.717) is 12.1 Å². The van der Waals surface area contributed by atoms with Gasteiger partial charge in [-0.05, 0) is 35.2 Å². The van der Waals surface area contributed by atoms with Crippen molar-refractivity contribution in [3.63, 3.8) is 0 Å². The number of carbonyl (C=O) groups is 1. The van der Waals surface area contributed by atoms with Crippen LogP contribution in [0.4, 0.5) is 8.78 Å². The Hall–Kier alpha value is -2.27. The van der Waals surface area contributed by atoms with Gasteiger partial charge in [0, 0.05) is 6.54 Å². The van der Waals surface area contributed by atoms with Crippen LogP contribution < -0.4 is 0 Å². The molecule has 0 saturated carbocycles. The maximum Gasteiger partial charge on any atom is 0.227 e. The van der Waals surface area contributed by atoms with Gasteiger partial charge in [0.15, 0.2) is 11.6 Å². The first-order valence-corrected chi connectivity index (χ1v) is 7.52. The summed E-state index contributed by atoms with van der Waals surface area (Å²) in [7, 11) is 0. The fraction of sp³-hybridized carbons (Fsp3) is 0.278. The van der Waals surface area contributed by atoms with E-state index in [9.17, 15) is 18.7 Å². The first kappa shape index (κ1) is 15.6. The lowest BCUT2D eigenvalue weighted by Crippen LogP contribution is -2.42. The molecule has 0 bridgehead atoms. The topological polar surface area (TPSA) is 40.5 Å².